The summed E-state index contributed by atoms with van der Waals surface area (Å²) in [6.45, 7) is 2.31. The van der Waals surface area contributed by atoms with Crippen molar-refractivity contribution in [2.24, 2.45) is 0 Å². The van der Waals surface area contributed by atoms with Crippen molar-refractivity contribution in [1.82, 2.24) is 9.21 Å². The first-order valence-corrected chi connectivity index (χ1v) is 11.8. The monoisotopic (exact) mass is 450 g/mol. The third-order valence-electron chi connectivity index (χ3n) is 5.18. The van der Waals surface area contributed by atoms with Crippen molar-refractivity contribution in [3.05, 3.63) is 42.5 Å². The maximum atomic E-state index is 13.4. The Hall–Kier alpha value is -2.10. The number of rotatable bonds is 7. The second-order valence-electron chi connectivity index (χ2n) is 7.30. The molecular weight excluding hydrogens is 424 g/mol. The summed E-state index contributed by atoms with van der Waals surface area (Å²) in [6.07, 6.45) is 0.378. The molecule has 162 valence electrons. The highest BCUT2D eigenvalue weighted by atomic mass is 32.2. The molecule has 0 saturated carbocycles. The molecule has 30 heavy (non-hydrogen) atoms. The first-order valence-electron chi connectivity index (χ1n) is 9.83. The van der Waals surface area contributed by atoms with Crippen LogP contribution >= 0.6 is 12.6 Å². The Labute approximate surface area is 182 Å². The van der Waals surface area contributed by atoms with Gasteiger partial charge in [-0.2, -0.15) is 16.9 Å². The van der Waals surface area contributed by atoms with Gasteiger partial charge in [-0.25, -0.2) is 8.42 Å². The molecule has 0 aromatic heterocycles. The third-order valence-corrected chi connectivity index (χ3v) is 7.42. The van der Waals surface area contributed by atoms with Gasteiger partial charge in [0.2, 0.25) is 15.9 Å². The van der Waals surface area contributed by atoms with Crippen molar-refractivity contribution in [2.75, 3.05) is 26.7 Å². The van der Waals surface area contributed by atoms with Crippen molar-refractivity contribution < 1.29 is 22.7 Å². The minimum absolute atomic E-state index is 0.0600. The highest BCUT2D eigenvalue weighted by Crippen LogP contribution is 2.31. The van der Waals surface area contributed by atoms with Crippen LogP contribution < -0.4 is 0 Å². The summed E-state index contributed by atoms with van der Waals surface area (Å²) in [4.78, 5) is 26.1. The molecule has 3 rings (SSSR count). The normalized spacial score (nSPS) is 19.7. The molecule has 1 amide bonds. The molecule has 1 aliphatic rings. The fraction of sp³-hybridized carbons (Fsp3) is 0.429. The number of amides is 1. The smallest absolute Gasteiger partial charge is 0.307 e. The Kier molecular flexibility index (Phi) is 7.05. The molecule has 1 fully saturated rings. The van der Waals surface area contributed by atoms with Crippen LogP contribution in [0.2, 0.25) is 0 Å². The lowest BCUT2D eigenvalue weighted by atomic mass is 10.1. The van der Waals surface area contributed by atoms with Crippen LogP contribution in [0.25, 0.3) is 10.8 Å². The Balaban J connectivity index is 1.81. The van der Waals surface area contributed by atoms with E-state index in [0.717, 1.165) is 10.8 Å². The number of benzene rings is 2. The standard InChI is InChI=1S/C21H26N2O5S2/c1-3-28-20(24)10-11-22(2)21(25)19-13-17(29)14-23(19)30(26,27)18-9-8-15-6-4-5-7-16(15)12-18/h4-9,12,17,19,29H,3,10-11,13-14H2,1-2H3. The Morgan fingerprint density at radius 1 is 1.20 bits per heavy atom. The van der Waals surface area contributed by atoms with Gasteiger partial charge < -0.3 is 9.64 Å². The van der Waals surface area contributed by atoms with E-state index < -0.39 is 22.0 Å². The topological polar surface area (TPSA) is 84.0 Å². The Morgan fingerprint density at radius 2 is 1.90 bits per heavy atom. The first kappa shape index (κ1) is 22.6. The Morgan fingerprint density at radius 3 is 2.60 bits per heavy atom. The lowest BCUT2D eigenvalue weighted by molar-refractivity contribution is -0.144. The number of hydrogen-bond acceptors (Lipinski definition) is 6. The van der Waals surface area contributed by atoms with Crippen molar-refractivity contribution in [1.29, 1.82) is 0 Å². The number of carbonyl (C=O) groups is 2. The van der Waals surface area contributed by atoms with Crippen LogP contribution in [-0.4, -0.2) is 67.5 Å². The predicted octanol–water partition coefficient (Wildman–Crippen LogP) is 2.31. The number of likely N-dealkylation sites (N-methyl/N-ethyl adjacent to an activating group) is 1. The van der Waals surface area contributed by atoms with Gasteiger partial charge in [-0.3, -0.25) is 9.59 Å². The van der Waals surface area contributed by atoms with Crippen LogP contribution in [0.3, 0.4) is 0 Å². The lowest BCUT2D eigenvalue weighted by Gasteiger charge is -2.27. The van der Waals surface area contributed by atoms with Crippen LogP contribution in [0.4, 0.5) is 0 Å². The van der Waals surface area contributed by atoms with Crippen molar-refractivity contribution in [3.8, 4) is 0 Å². The lowest BCUT2D eigenvalue weighted by Crippen LogP contribution is -2.47. The third kappa shape index (κ3) is 4.79. The van der Waals surface area contributed by atoms with E-state index in [-0.39, 0.29) is 42.2 Å². The van der Waals surface area contributed by atoms with E-state index in [2.05, 4.69) is 12.6 Å². The summed E-state index contributed by atoms with van der Waals surface area (Å²) in [7, 11) is -2.32. The molecule has 7 nitrogen and oxygen atoms in total. The molecule has 0 aliphatic carbocycles. The second-order valence-corrected chi connectivity index (χ2v) is 9.92. The van der Waals surface area contributed by atoms with E-state index in [9.17, 15) is 18.0 Å². The number of fused-ring (bicyclic) bond motifs is 1. The van der Waals surface area contributed by atoms with E-state index in [1.54, 1.807) is 32.2 Å². The van der Waals surface area contributed by atoms with Crippen molar-refractivity contribution in [3.63, 3.8) is 0 Å². The van der Waals surface area contributed by atoms with Gasteiger partial charge in [-0.05, 0) is 36.2 Å². The Bertz CT molecular complexity index is 1040. The van der Waals surface area contributed by atoms with Crippen molar-refractivity contribution in [2.45, 2.75) is 36.0 Å². The zero-order chi connectivity index (χ0) is 21.9. The average Bonchev–Trinajstić information content (AvgIpc) is 3.13. The molecular formula is C21H26N2O5S2. The molecule has 0 bridgehead atoms. The summed E-state index contributed by atoms with van der Waals surface area (Å²) < 4.78 is 32.8. The molecule has 1 heterocycles. The van der Waals surface area contributed by atoms with E-state index in [4.69, 9.17) is 4.74 Å². The largest absolute Gasteiger partial charge is 0.466 e. The molecule has 2 unspecified atom stereocenters. The van der Waals surface area contributed by atoms with Crippen LogP contribution in [0.15, 0.2) is 47.4 Å². The summed E-state index contributed by atoms with van der Waals surface area (Å²) >= 11 is 4.44. The number of ether oxygens (including phenoxy) is 1. The highest BCUT2D eigenvalue weighted by Gasteiger charge is 2.43. The van der Waals surface area contributed by atoms with Gasteiger partial charge in [0.1, 0.15) is 6.04 Å². The molecule has 2 atom stereocenters. The summed E-state index contributed by atoms with van der Waals surface area (Å²) in [6, 6.07) is 11.6. The van der Waals surface area contributed by atoms with Crippen molar-refractivity contribution >= 4 is 45.3 Å². The van der Waals surface area contributed by atoms with Crippen LogP contribution in [0, 0.1) is 0 Å². The van der Waals surface area contributed by atoms with Gasteiger partial charge in [0, 0.05) is 25.4 Å². The van der Waals surface area contributed by atoms with Crippen LogP contribution in [0.5, 0.6) is 0 Å². The van der Waals surface area contributed by atoms with Crippen LogP contribution in [-0.2, 0) is 24.3 Å². The minimum Gasteiger partial charge on any atom is -0.466 e. The molecule has 1 saturated heterocycles. The van der Waals surface area contributed by atoms with Gasteiger partial charge in [-0.15, -0.1) is 0 Å². The van der Waals surface area contributed by atoms with E-state index in [1.807, 2.05) is 24.3 Å². The second kappa shape index (κ2) is 9.36. The minimum atomic E-state index is -3.89. The fourth-order valence-electron chi connectivity index (χ4n) is 3.59. The number of esters is 1. The molecule has 9 heteroatoms. The number of carbonyl (C=O) groups excluding carboxylic acids is 2. The summed E-state index contributed by atoms with van der Waals surface area (Å²) in [5, 5.41) is 1.51. The first-order chi connectivity index (χ1) is 14.2. The van der Waals surface area contributed by atoms with Gasteiger partial charge in [-0.1, -0.05) is 30.3 Å². The highest BCUT2D eigenvalue weighted by molar-refractivity contribution is 7.89. The molecule has 1 aliphatic heterocycles. The average molecular weight is 451 g/mol. The fourth-order valence-corrected chi connectivity index (χ4v) is 5.75. The SMILES string of the molecule is CCOC(=O)CCN(C)C(=O)C1CC(S)CN1S(=O)(=O)c1ccc2ccccc2c1. The van der Waals surface area contributed by atoms with E-state index in [1.165, 1.54) is 9.21 Å². The number of thiol groups is 1. The summed E-state index contributed by atoms with van der Waals surface area (Å²) in [5.41, 5.74) is 0. The zero-order valence-electron chi connectivity index (χ0n) is 17.0. The number of hydrogen-bond donors (Lipinski definition) is 1. The maximum Gasteiger partial charge on any atom is 0.307 e. The summed E-state index contributed by atoms with van der Waals surface area (Å²) in [5.74, 6) is -0.739. The molecule has 0 spiro atoms. The maximum absolute atomic E-state index is 13.4. The van der Waals surface area contributed by atoms with Gasteiger partial charge in [0.05, 0.1) is 17.9 Å². The van der Waals surface area contributed by atoms with Crippen LogP contribution in [0.1, 0.15) is 19.8 Å². The predicted molar refractivity (Wildman–Crippen MR) is 118 cm³/mol. The number of sulfonamides is 1. The molecule has 2 aromatic rings. The van der Waals surface area contributed by atoms with Gasteiger partial charge in [0.25, 0.3) is 0 Å². The molecule has 0 N–H and O–H groups in total. The van der Waals surface area contributed by atoms with E-state index in [0.29, 0.717) is 6.42 Å². The molecule has 2 aromatic carbocycles. The van der Waals surface area contributed by atoms with Gasteiger partial charge in [0.15, 0.2) is 0 Å². The van der Waals surface area contributed by atoms with E-state index >= 15 is 0 Å². The quantitative estimate of drug-likeness (QED) is 0.517. The van der Waals surface area contributed by atoms with Gasteiger partial charge >= 0.3 is 5.97 Å². The molecule has 0 radical (unpaired) electrons. The number of nitrogens with zero attached hydrogens (tertiary/aromatic N) is 2. The zero-order valence-corrected chi connectivity index (χ0v) is 18.7.